The summed E-state index contributed by atoms with van der Waals surface area (Å²) in [6.45, 7) is 3.72. The third kappa shape index (κ3) is 1.95. The quantitative estimate of drug-likeness (QED) is 0.813. The van der Waals surface area contributed by atoms with Gasteiger partial charge in [0.2, 0.25) is 0 Å². The van der Waals surface area contributed by atoms with Crippen molar-refractivity contribution in [2.75, 3.05) is 6.61 Å². The Morgan fingerprint density at radius 2 is 2.35 bits per heavy atom. The maximum Gasteiger partial charge on any atom is 0.328 e. The molecule has 0 aromatic carbocycles. The van der Waals surface area contributed by atoms with Crippen LogP contribution in [0, 0.1) is 0 Å². The van der Waals surface area contributed by atoms with Gasteiger partial charge in [-0.25, -0.2) is 9.78 Å². The molecule has 0 aliphatic heterocycles. The largest absolute Gasteiger partial charge is 0.464 e. The van der Waals surface area contributed by atoms with Crippen molar-refractivity contribution in [3.05, 3.63) is 27.1 Å². The normalized spacial score (nSPS) is 15.3. The second-order valence-corrected chi connectivity index (χ2v) is 6.01. The van der Waals surface area contributed by atoms with Crippen LogP contribution in [0.25, 0.3) is 10.2 Å². The number of aryl methyl sites for hydroxylation is 2. The molecule has 2 heterocycles. The molecule has 3 rings (SSSR count). The Hall–Kier alpha value is -1.69. The number of fused-ring (bicyclic) bond motifs is 3. The summed E-state index contributed by atoms with van der Waals surface area (Å²) in [6, 6.07) is -0.642. The van der Waals surface area contributed by atoms with Crippen molar-refractivity contribution < 1.29 is 9.53 Å². The molecule has 0 saturated carbocycles. The summed E-state index contributed by atoms with van der Waals surface area (Å²) < 4.78 is 6.36. The summed E-state index contributed by atoms with van der Waals surface area (Å²) in [5.74, 6) is -0.400. The van der Waals surface area contributed by atoms with Gasteiger partial charge in [-0.3, -0.25) is 9.36 Å². The van der Waals surface area contributed by atoms with E-state index in [1.54, 1.807) is 25.2 Å². The highest BCUT2D eigenvalue weighted by Gasteiger charge is 2.24. The fraction of sp³-hybridized carbons (Fsp3) is 0.500. The maximum atomic E-state index is 12.6. The molecule has 1 aliphatic rings. The Labute approximate surface area is 120 Å². The van der Waals surface area contributed by atoms with Gasteiger partial charge in [-0.15, -0.1) is 11.3 Å². The van der Waals surface area contributed by atoms with Crippen LogP contribution >= 0.6 is 11.3 Å². The van der Waals surface area contributed by atoms with E-state index in [9.17, 15) is 9.59 Å². The molecule has 0 N–H and O–H groups in total. The van der Waals surface area contributed by atoms with Gasteiger partial charge in [0.25, 0.3) is 5.56 Å². The number of hydrogen-bond acceptors (Lipinski definition) is 5. The molecule has 0 fully saturated rings. The minimum Gasteiger partial charge on any atom is -0.464 e. The Morgan fingerprint density at radius 3 is 3.10 bits per heavy atom. The number of rotatable bonds is 3. The van der Waals surface area contributed by atoms with Crippen molar-refractivity contribution in [1.82, 2.24) is 9.55 Å². The summed E-state index contributed by atoms with van der Waals surface area (Å²) in [4.78, 5) is 30.8. The van der Waals surface area contributed by atoms with Crippen LogP contribution in [0.15, 0.2) is 11.1 Å². The van der Waals surface area contributed by atoms with Gasteiger partial charge in [-0.1, -0.05) is 0 Å². The van der Waals surface area contributed by atoms with Gasteiger partial charge in [0.1, 0.15) is 10.9 Å². The number of esters is 1. The summed E-state index contributed by atoms with van der Waals surface area (Å²) >= 11 is 1.60. The molecule has 2 aromatic heterocycles. The predicted octanol–water partition coefficient (Wildman–Crippen LogP) is 2.07. The summed E-state index contributed by atoms with van der Waals surface area (Å²) in [5, 5.41) is 0.696. The molecule has 2 aromatic rings. The van der Waals surface area contributed by atoms with Crippen LogP contribution in [0.1, 0.15) is 36.8 Å². The standard InChI is InChI=1S/C14H16N2O3S/c1-3-19-14(18)8(2)16-7-15-12-11(13(16)17)9-5-4-6-10(9)20-12/h7-8H,3-6H2,1-2H3/t8-/m0/s1. The van der Waals surface area contributed by atoms with E-state index in [2.05, 4.69) is 4.98 Å². The SMILES string of the molecule is CCOC(=O)[C@H](C)n1cnc2sc3c(c2c1=O)CCC3. The number of hydrogen-bond donors (Lipinski definition) is 0. The van der Waals surface area contributed by atoms with Crippen LogP contribution in [0.4, 0.5) is 0 Å². The number of nitrogens with zero attached hydrogens (tertiary/aromatic N) is 2. The molecule has 0 unspecified atom stereocenters. The number of ether oxygens (including phenoxy) is 1. The lowest BCUT2D eigenvalue weighted by molar-refractivity contribution is -0.146. The van der Waals surface area contributed by atoms with Gasteiger partial charge in [0.15, 0.2) is 0 Å². The lowest BCUT2D eigenvalue weighted by Gasteiger charge is -2.13. The van der Waals surface area contributed by atoms with E-state index < -0.39 is 12.0 Å². The highest BCUT2D eigenvalue weighted by molar-refractivity contribution is 7.18. The Morgan fingerprint density at radius 1 is 1.55 bits per heavy atom. The van der Waals surface area contributed by atoms with Crippen molar-refractivity contribution in [1.29, 1.82) is 0 Å². The molecule has 1 atom stereocenters. The number of carbonyl (C=O) groups excluding carboxylic acids is 1. The first-order valence-electron chi connectivity index (χ1n) is 6.81. The van der Waals surface area contributed by atoms with Crippen LogP contribution < -0.4 is 5.56 Å². The van der Waals surface area contributed by atoms with E-state index in [-0.39, 0.29) is 5.56 Å². The molecule has 20 heavy (non-hydrogen) atoms. The Balaban J connectivity index is 2.11. The van der Waals surface area contributed by atoms with Gasteiger partial charge in [-0.05, 0) is 38.7 Å². The van der Waals surface area contributed by atoms with Crippen LogP contribution in [0.5, 0.6) is 0 Å². The molecule has 1 aliphatic carbocycles. The fourth-order valence-corrected chi connectivity index (χ4v) is 3.87. The molecule has 0 amide bonds. The maximum absolute atomic E-state index is 12.6. The van der Waals surface area contributed by atoms with Crippen molar-refractivity contribution in [3.63, 3.8) is 0 Å². The topological polar surface area (TPSA) is 61.2 Å². The van der Waals surface area contributed by atoms with Gasteiger partial charge < -0.3 is 4.74 Å². The summed E-state index contributed by atoms with van der Waals surface area (Å²) in [7, 11) is 0. The van der Waals surface area contributed by atoms with E-state index in [1.165, 1.54) is 15.8 Å². The molecule has 5 nitrogen and oxygen atoms in total. The van der Waals surface area contributed by atoms with Crippen LogP contribution in [0.2, 0.25) is 0 Å². The molecule has 0 radical (unpaired) electrons. The average Bonchev–Trinajstić information content (AvgIpc) is 2.98. The molecule has 106 valence electrons. The molecular formula is C14H16N2O3S. The zero-order chi connectivity index (χ0) is 14.3. The highest BCUT2D eigenvalue weighted by Crippen LogP contribution is 2.34. The van der Waals surface area contributed by atoms with E-state index in [1.807, 2.05) is 0 Å². The first-order chi connectivity index (χ1) is 9.63. The number of aromatic nitrogens is 2. The molecule has 0 spiro atoms. The number of carbonyl (C=O) groups is 1. The predicted molar refractivity (Wildman–Crippen MR) is 77.2 cm³/mol. The lowest BCUT2D eigenvalue weighted by atomic mass is 10.2. The minimum absolute atomic E-state index is 0.130. The fourth-order valence-electron chi connectivity index (χ4n) is 2.65. The zero-order valence-electron chi connectivity index (χ0n) is 11.5. The van der Waals surface area contributed by atoms with Crippen molar-refractivity contribution in [3.8, 4) is 0 Å². The first-order valence-corrected chi connectivity index (χ1v) is 7.63. The minimum atomic E-state index is -0.642. The highest BCUT2D eigenvalue weighted by atomic mass is 32.1. The molecule has 6 heteroatoms. The van der Waals surface area contributed by atoms with Crippen molar-refractivity contribution in [2.45, 2.75) is 39.2 Å². The van der Waals surface area contributed by atoms with E-state index in [0.29, 0.717) is 12.0 Å². The first kappa shape index (κ1) is 13.3. The molecular weight excluding hydrogens is 276 g/mol. The van der Waals surface area contributed by atoms with E-state index in [0.717, 1.165) is 29.7 Å². The van der Waals surface area contributed by atoms with E-state index in [4.69, 9.17) is 4.74 Å². The van der Waals surface area contributed by atoms with Crippen LogP contribution in [0.3, 0.4) is 0 Å². The summed E-state index contributed by atoms with van der Waals surface area (Å²) in [6.07, 6.45) is 4.52. The van der Waals surface area contributed by atoms with Crippen LogP contribution in [-0.2, 0) is 22.4 Å². The smallest absolute Gasteiger partial charge is 0.328 e. The second-order valence-electron chi connectivity index (χ2n) is 4.92. The Kier molecular flexibility index (Phi) is 3.33. The molecule has 0 bridgehead atoms. The van der Waals surface area contributed by atoms with Crippen molar-refractivity contribution in [2.24, 2.45) is 0 Å². The van der Waals surface area contributed by atoms with E-state index >= 15 is 0 Å². The number of thiophene rings is 1. The third-order valence-corrected chi connectivity index (χ3v) is 4.90. The molecule has 0 saturated heterocycles. The van der Waals surface area contributed by atoms with Gasteiger partial charge in [0.05, 0.1) is 18.3 Å². The summed E-state index contributed by atoms with van der Waals surface area (Å²) in [5.41, 5.74) is 1.00. The van der Waals surface area contributed by atoms with Gasteiger partial charge >= 0.3 is 5.97 Å². The van der Waals surface area contributed by atoms with Gasteiger partial charge in [0, 0.05) is 4.88 Å². The monoisotopic (exact) mass is 292 g/mol. The third-order valence-electron chi connectivity index (χ3n) is 3.70. The van der Waals surface area contributed by atoms with Crippen molar-refractivity contribution >= 4 is 27.5 Å². The lowest BCUT2D eigenvalue weighted by Crippen LogP contribution is -2.29. The van der Waals surface area contributed by atoms with Gasteiger partial charge in [-0.2, -0.15) is 0 Å². The van der Waals surface area contributed by atoms with Crippen LogP contribution in [-0.4, -0.2) is 22.1 Å². The Bertz CT molecular complexity index is 732. The second kappa shape index (κ2) is 5.01. The average molecular weight is 292 g/mol. The zero-order valence-corrected chi connectivity index (χ0v) is 12.3.